The van der Waals surface area contributed by atoms with Gasteiger partial charge in [0.15, 0.2) is 0 Å². The third-order valence-electron chi connectivity index (χ3n) is 2.95. The zero-order valence-corrected chi connectivity index (χ0v) is 10.4. The average molecular weight is 237 g/mol. The zero-order chi connectivity index (χ0) is 12.3. The normalized spacial score (nSPS) is 19.5. The Kier molecular flexibility index (Phi) is 3.78. The molecule has 1 N–H and O–H groups in total. The van der Waals surface area contributed by atoms with Gasteiger partial charge in [-0.2, -0.15) is 5.10 Å². The van der Waals surface area contributed by atoms with Gasteiger partial charge in [0.2, 0.25) is 5.91 Å². The van der Waals surface area contributed by atoms with E-state index in [9.17, 15) is 4.79 Å². The molecule has 0 saturated carbocycles. The summed E-state index contributed by atoms with van der Waals surface area (Å²) in [6, 6.07) is 1.97. The second-order valence-corrected chi connectivity index (χ2v) is 4.52. The van der Waals surface area contributed by atoms with E-state index in [1.54, 1.807) is 4.68 Å². The fourth-order valence-corrected chi connectivity index (χ4v) is 2.06. The van der Waals surface area contributed by atoms with Gasteiger partial charge >= 0.3 is 0 Å². The van der Waals surface area contributed by atoms with Gasteiger partial charge in [0.05, 0.1) is 11.8 Å². The summed E-state index contributed by atoms with van der Waals surface area (Å²) in [7, 11) is 0. The lowest BCUT2D eigenvalue weighted by Gasteiger charge is -2.11. The van der Waals surface area contributed by atoms with Crippen molar-refractivity contribution < 1.29 is 9.53 Å². The Bertz CT molecular complexity index is 394. The Morgan fingerprint density at radius 3 is 3.06 bits per heavy atom. The van der Waals surface area contributed by atoms with Crippen LogP contribution in [0.25, 0.3) is 0 Å². The molecule has 5 nitrogen and oxygen atoms in total. The van der Waals surface area contributed by atoms with Crippen LogP contribution < -0.4 is 5.32 Å². The summed E-state index contributed by atoms with van der Waals surface area (Å²) in [5.74, 6) is -0.00769. The van der Waals surface area contributed by atoms with E-state index in [-0.39, 0.29) is 18.6 Å². The van der Waals surface area contributed by atoms with E-state index in [4.69, 9.17) is 4.74 Å². The van der Waals surface area contributed by atoms with Crippen molar-refractivity contribution in [2.75, 3.05) is 13.2 Å². The number of hydrogen-bond donors (Lipinski definition) is 1. The first kappa shape index (κ1) is 12.1. The van der Waals surface area contributed by atoms with Crippen molar-refractivity contribution in [1.29, 1.82) is 0 Å². The van der Waals surface area contributed by atoms with E-state index in [0.29, 0.717) is 6.54 Å². The number of carbonyl (C=O) groups excluding carboxylic acids is 1. The fraction of sp³-hybridized carbons (Fsp3) is 0.667. The highest BCUT2D eigenvalue weighted by atomic mass is 16.5. The van der Waals surface area contributed by atoms with Crippen molar-refractivity contribution in [3.8, 4) is 0 Å². The van der Waals surface area contributed by atoms with Gasteiger partial charge in [-0.05, 0) is 32.8 Å². The summed E-state index contributed by atoms with van der Waals surface area (Å²) >= 11 is 0. The molecule has 0 aromatic carbocycles. The molecule has 1 aliphatic rings. The van der Waals surface area contributed by atoms with E-state index in [1.165, 1.54) is 0 Å². The van der Waals surface area contributed by atoms with Crippen LogP contribution in [-0.2, 0) is 16.1 Å². The molecule has 94 valence electrons. The molecular weight excluding hydrogens is 218 g/mol. The first-order chi connectivity index (χ1) is 8.15. The molecule has 1 saturated heterocycles. The van der Waals surface area contributed by atoms with Crippen molar-refractivity contribution in [3.05, 3.63) is 17.5 Å². The third-order valence-corrected chi connectivity index (χ3v) is 2.95. The minimum Gasteiger partial charge on any atom is -0.376 e. The minimum atomic E-state index is -0.00769. The minimum absolute atomic E-state index is 0.00769. The number of rotatable bonds is 4. The predicted octanol–water partition coefficient (Wildman–Crippen LogP) is 0.795. The van der Waals surface area contributed by atoms with Crippen molar-refractivity contribution >= 4 is 5.91 Å². The number of amides is 1. The Balaban J connectivity index is 1.78. The van der Waals surface area contributed by atoms with Crippen molar-refractivity contribution in [3.63, 3.8) is 0 Å². The van der Waals surface area contributed by atoms with Gasteiger partial charge in [0.25, 0.3) is 0 Å². The summed E-state index contributed by atoms with van der Waals surface area (Å²) in [6.45, 7) is 5.59. The van der Waals surface area contributed by atoms with Crippen LogP contribution in [0.5, 0.6) is 0 Å². The van der Waals surface area contributed by atoms with E-state index >= 15 is 0 Å². The lowest BCUT2D eigenvalue weighted by molar-refractivity contribution is -0.122. The summed E-state index contributed by atoms with van der Waals surface area (Å²) < 4.78 is 7.17. The van der Waals surface area contributed by atoms with Crippen LogP contribution in [0.3, 0.4) is 0 Å². The summed E-state index contributed by atoms with van der Waals surface area (Å²) in [5, 5.41) is 7.14. The lowest BCUT2D eigenvalue weighted by atomic mass is 10.2. The standard InChI is InChI=1S/C12H19N3O2/c1-9-6-10(2)15(14-9)8-12(16)13-7-11-4-3-5-17-11/h6,11H,3-5,7-8H2,1-2H3,(H,13,16)/t11-/m1/s1. The van der Waals surface area contributed by atoms with E-state index in [0.717, 1.165) is 30.8 Å². The lowest BCUT2D eigenvalue weighted by Crippen LogP contribution is -2.34. The Morgan fingerprint density at radius 1 is 1.65 bits per heavy atom. The molecule has 0 spiro atoms. The maximum atomic E-state index is 11.7. The molecule has 0 aliphatic carbocycles. The molecule has 0 unspecified atom stereocenters. The van der Waals surface area contributed by atoms with Gasteiger partial charge < -0.3 is 10.1 Å². The Hall–Kier alpha value is -1.36. The molecule has 1 aliphatic heterocycles. The number of aryl methyl sites for hydroxylation is 2. The summed E-state index contributed by atoms with van der Waals surface area (Å²) in [5.41, 5.74) is 1.95. The maximum Gasteiger partial charge on any atom is 0.241 e. The average Bonchev–Trinajstić information content (AvgIpc) is 2.87. The number of carbonyl (C=O) groups is 1. The topological polar surface area (TPSA) is 56.2 Å². The van der Waals surface area contributed by atoms with E-state index in [1.807, 2.05) is 19.9 Å². The molecule has 1 aromatic rings. The highest BCUT2D eigenvalue weighted by molar-refractivity contribution is 5.75. The third kappa shape index (κ3) is 3.30. The van der Waals surface area contributed by atoms with Crippen LogP contribution in [0.15, 0.2) is 6.07 Å². The van der Waals surface area contributed by atoms with Crippen LogP contribution in [0.4, 0.5) is 0 Å². The predicted molar refractivity (Wildman–Crippen MR) is 63.7 cm³/mol. The molecule has 0 bridgehead atoms. The second kappa shape index (κ2) is 5.31. The molecule has 2 rings (SSSR count). The van der Waals surface area contributed by atoms with Gasteiger partial charge in [-0.3, -0.25) is 9.48 Å². The Morgan fingerprint density at radius 2 is 2.47 bits per heavy atom. The van der Waals surface area contributed by atoms with Gasteiger partial charge in [-0.1, -0.05) is 0 Å². The molecule has 1 atom stereocenters. The largest absolute Gasteiger partial charge is 0.376 e. The second-order valence-electron chi connectivity index (χ2n) is 4.52. The van der Waals surface area contributed by atoms with Crippen molar-refractivity contribution in [1.82, 2.24) is 15.1 Å². The first-order valence-electron chi connectivity index (χ1n) is 6.04. The molecule has 1 amide bonds. The quantitative estimate of drug-likeness (QED) is 0.842. The number of hydrogen-bond acceptors (Lipinski definition) is 3. The molecule has 2 heterocycles. The van der Waals surface area contributed by atoms with Crippen LogP contribution in [0.2, 0.25) is 0 Å². The molecule has 1 fully saturated rings. The van der Waals surface area contributed by atoms with E-state index in [2.05, 4.69) is 10.4 Å². The molecule has 0 radical (unpaired) electrons. The monoisotopic (exact) mass is 237 g/mol. The van der Waals surface area contributed by atoms with Crippen molar-refractivity contribution in [2.45, 2.75) is 39.3 Å². The number of aromatic nitrogens is 2. The van der Waals surface area contributed by atoms with Crippen LogP contribution in [-0.4, -0.2) is 34.9 Å². The number of nitrogens with one attached hydrogen (secondary N) is 1. The highest BCUT2D eigenvalue weighted by Crippen LogP contribution is 2.10. The zero-order valence-electron chi connectivity index (χ0n) is 10.4. The summed E-state index contributed by atoms with van der Waals surface area (Å²) in [4.78, 5) is 11.7. The molecule has 1 aromatic heterocycles. The van der Waals surface area contributed by atoms with Crippen LogP contribution in [0, 0.1) is 13.8 Å². The van der Waals surface area contributed by atoms with Gasteiger partial charge in [0.1, 0.15) is 6.54 Å². The number of nitrogens with zero attached hydrogens (tertiary/aromatic N) is 2. The Labute approximate surface area is 101 Å². The van der Waals surface area contributed by atoms with Gasteiger partial charge in [-0.25, -0.2) is 0 Å². The maximum absolute atomic E-state index is 11.7. The van der Waals surface area contributed by atoms with Crippen LogP contribution in [0.1, 0.15) is 24.2 Å². The molecule has 5 heteroatoms. The fourth-order valence-electron chi connectivity index (χ4n) is 2.06. The number of ether oxygens (including phenoxy) is 1. The SMILES string of the molecule is Cc1cc(C)n(CC(=O)NC[C@H]2CCCO2)n1. The van der Waals surface area contributed by atoms with Gasteiger partial charge in [-0.15, -0.1) is 0 Å². The summed E-state index contributed by atoms with van der Waals surface area (Å²) in [6.07, 6.45) is 2.33. The molecular formula is C12H19N3O2. The van der Waals surface area contributed by atoms with Crippen molar-refractivity contribution in [2.24, 2.45) is 0 Å². The van der Waals surface area contributed by atoms with Gasteiger partial charge in [0, 0.05) is 18.8 Å². The van der Waals surface area contributed by atoms with E-state index < -0.39 is 0 Å². The first-order valence-corrected chi connectivity index (χ1v) is 6.04. The van der Waals surface area contributed by atoms with Crippen LogP contribution >= 0.6 is 0 Å². The smallest absolute Gasteiger partial charge is 0.241 e. The highest BCUT2D eigenvalue weighted by Gasteiger charge is 2.16. The molecule has 17 heavy (non-hydrogen) atoms.